The average molecular weight is 391 g/mol. The van der Waals surface area contributed by atoms with Gasteiger partial charge < -0.3 is 4.74 Å². The third-order valence-electron chi connectivity index (χ3n) is 10.2. The first-order chi connectivity index (χ1) is 13.3. The van der Waals surface area contributed by atoms with Gasteiger partial charge in [0, 0.05) is 5.41 Å². The van der Waals surface area contributed by atoms with Crippen molar-refractivity contribution in [3.05, 3.63) is 0 Å². The Morgan fingerprint density at radius 3 is 2.14 bits per heavy atom. The van der Waals surface area contributed by atoms with E-state index in [1.807, 2.05) is 6.92 Å². The highest BCUT2D eigenvalue weighted by Crippen LogP contribution is 2.65. The second-order valence-corrected chi connectivity index (χ2v) is 11.8. The van der Waals surface area contributed by atoms with E-state index in [-0.39, 0.29) is 34.7 Å². The molecule has 0 radical (unpaired) electrons. The third kappa shape index (κ3) is 2.88. The van der Waals surface area contributed by atoms with Crippen molar-refractivity contribution < 1.29 is 13.9 Å². The van der Waals surface area contributed by atoms with Gasteiger partial charge in [-0.2, -0.15) is 0 Å². The predicted octanol–water partition coefficient (Wildman–Crippen LogP) is 6.33. The van der Waals surface area contributed by atoms with Gasteiger partial charge in [-0.05, 0) is 113 Å². The summed E-state index contributed by atoms with van der Waals surface area (Å²) in [5.41, 5.74) is -0.154. The second kappa shape index (κ2) is 6.71. The number of carbonyl (C=O) groups excluding carboxylic acids is 1. The van der Waals surface area contributed by atoms with Gasteiger partial charge in [-0.25, -0.2) is 4.39 Å². The quantitative estimate of drug-likeness (QED) is 0.496. The molecule has 3 heteroatoms. The molecule has 6 rings (SSSR count). The van der Waals surface area contributed by atoms with Crippen LogP contribution in [0.25, 0.3) is 0 Å². The highest BCUT2D eigenvalue weighted by atomic mass is 19.1. The van der Waals surface area contributed by atoms with E-state index in [0.29, 0.717) is 12.3 Å². The Hall–Kier alpha value is -0.600. The molecule has 0 aliphatic heterocycles. The monoisotopic (exact) mass is 390 g/mol. The molecule has 158 valence electrons. The molecule has 0 aromatic carbocycles. The van der Waals surface area contributed by atoms with Crippen LogP contribution in [0.3, 0.4) is 0 Å². The zero-order valence-corrected chi connectivity index (χ0v) is 18.1. The molecule has 0 saturated heterocycles. The van der Waals surface area contributed by atoms with Crippen LogP contribution in [0.4, 0.5) is 4.39 Å². The van der Waals surface area contributed by atoms with E-state index in [1.54, 1.807) is 0 Å². The van der Waals surface area contributed by atoms with Crippen molar-refractivity contribution in [1.29, 1.82) is 0 Å². The van der Waals surface area contributed by atoms with Crippen molar-refractivity contribution in [3.8, 4) is 0 Å². The molecule has 6 aliphatic carbocycles. The first kappa shape index (κ1) is 19.4. The van der Waals surface area contributed by atoms with E-state index in [0.717, 1.165) is 43.4 Å². The van der Waals surface area contributed by atoms with Gasteiger partial charge >= 0.3 is 5.97 Å². The molecule has 6 unspecified atom stereocenters. The lowest BCUT2D eigenvalue weighted by molar-refractivity contribution is -0.208. The molecule has 28 heavy (non-hydrogen) atoms. The molecule has 6 bridgehead atoms. The van der Waals surface area contributed by atoms with Crippen LogP contribution in [0.1, 0.15) is 91.4 Å². The predicted molar refractivity (Wildman–Crippen MR) is 108 cm³/mol. The summed E-state index contributed by atoms with van der Waals surface area (Å²) in [6, 6.07) is 0. The summed E-state index contributed by atoms with van der Waals surface area (Å²) >= 11 is 0. The molecule has 6 atom stereocenters. The third-order valence-corrected chi connectivity index (χ3v) is 10.2. The number of rotatable bonds is 6. The maximum Gasteiger partial charge on any atom is 0.309 e. The SMILES string of the molecule is CCC(C)(OC(=O)C(C)CC1C2CCC(C2)C1F)C12CC3CC(CC(C3)C1)C2. The van der Waals surface area contributed by atoms with Gasteiger partial charge in [0.05, 0.1) is 5.92 Å². The summed E-state index contributed by atoms with van der Waals surface area (Å²) in [4.78, 5) is 13.2. The molecule has 6 aliphatic rings. The Labute approximate surface area is 170 Å². The Kier molecular flexibility index (Phi) is 4.64. The topological polar surface area (TPSA) is 26.3 Å². The molecule has 6 fully saturated rings. The van der Waals surface area contributed by atoms with E-state index >= 15 is 0 Å². The second-order valence-electron chi connectivity index (χ2n) is 11.8. The van der Waals surface area contributed by atoms with Crippen molar-refractivity contribution >= 4 is 5.97 Å². The number of esters is 1. The van der Waals surface area contributed by atoms with Crippen LogP contribution in [-0.2, 0) is 9.53 Å². The van der Waals surface area contributed by atoms with Gasteiger partial charge in [-0.1, -0.05) is 13.8 Å². The Balaban J connectivity index is 1.27. The average Bonchev–Trinajstić information content (AvgIpc) is 3.23. The van der Waals surface area contributed by atoms with Crippen molar-refractivity contribution in [2.24, 2.45) is 46.8 Å². The Morgan fingerprint density at radius 1 is 1.07 bits per heavy atom. The van der Waals surface area contributed by atoms with Crippen LogP contribution in [0.5, 0.6) is 0 Å². The number of ether oxygens (including phenoxy) is 1. The molecule has 6 saturated carbocycles. The zero-order valence-electron chi connectivity index (χ0n) is 18.1. The molecule has 2 nitrogen and oxygen atoms in total. The number of carbonyl (C=O) groups is 1. The van der Waals surface area contributed by atoms with E-state index in [4.69, 9.17) is 4.74 Å². The first-order valence-corrected chi connectivity index (χ1v) is 12.2. The smallest absolute Gasteiger partial charge is 0.309 e. The molecule has 0 heterocycles. The summed E-state index contributed by atoms with van der Waals surface area (Å²) in [5, 5.41) is 0. The number of alkyl halides is 1. The van der Waals surface area contributed by atoms with E-state index in [2.05, 4.69) is 13.8 Å². The summed E-state index contributed by atoms with van der Waals surface area (Å²) in [5.74, 6) is 3.20. The van der Waals surface area contributed by atoms with Crippen LogP contribution in [0, 0.1) is 46.8 Å². The minimum absolute atomic E-state index is 0.0601. The normalized spacial score (nSPS) is 49.2. The highest BCUT2D eigenvalue weighted by Gasteiger charge is 2.60. The lowest BCUT2D eigenvalue weighted by Crippen LogP contribution is -2.58. The van der Waals surface area contributed by atoms with Crippen LogP contribution in [-0.4, -0.2) is 17.7 Å². The number of fused-ring (bicyclic) bond motifs is 2. The fourth-order valence-electron chi connectivity index (χ4n) is 8.80. The van der Waals surface area contributed by atoms with Crippen LogP contribution < -0.4 is 0 Å². The zero-order chi connectivity index (χ0) is 19.7. The van der Waals surface area contributed by atoms with Crippen molar-refractivity contribution in [2.75, 3.05) is 0 Å². The summed E-state index contributed by atoms with van der Waals surface area (Å²) < 4.78 is 21.1. The fourth-order valence-corrected chi connectivity index (χ4v) is 8.80. The van der Waals surface area contributed by atoms with E-state index < -0.39 is 6.17 Å². The number of hydrogen-bond donors (Lipinski definition) is 0. The molecule has 0 N–H and O–H groups in total. The number of hydrogen-bond acceptors (Lipinski definition) is 2. The van der Waals surface area contributed by atoms with Gasteiger partial charge in [0.2, 0.25) is 0 Å². The van der Waals surface area contributed by atoms with Gasteiger partial charge in [-0.15, -0.1) is 0 Å². The Morgan fingerprint density at radius 2 is 1.64 bits per heavy atom. The highest BCUT2D eigenvalue weighted by molar-refractivity contribution is 5.72. The first-order valence-electron chi connectivity index (χ1n) is 12.2. The summed E-state index contributed by atoms with van der Waals surface area (Å²) in [6.45, 7) is 6.40. The van der Waals surface area contributed by atoms with Crippen molar-refractivity contribution in [3.63, 3.8) is 0 Å². The number of halogens is 1. The lowest BCUT2D eigenvalue weighted by atomic mass is 9.45. The van der Waals surface area contributed by atoms with Gasteiger partial charge in [0.25, 0.3) is 0 Å². The van der Waals surface area contributed by atoms with Gasteiger partial charge in [0.15, 0.2) is 0 Å². The standard InChI is InChI=1S/C25H39FO2/c1-4-24(3,25-12-16-8-17(13-25)10-18(9-16)14-25)28-23(27)15(2)7-21-19-5-6-20(11-19)22(21)26/h15-22H,4-14H2,1-3H3. The van der Waals surface area contributed by atoms with Crippen molar-refractivity contribution in [2.45, 2.75) is 103 Å². The lowest BCUT2D eigenvalue weighted by Gasteiger charge is -2.62. The minimum Gasteiger partial charge on any atom is -0.459 e. The maximum atomic E-state index is 14.7. The van der Waals surface area contributed by atoms with Crippen LogP contribution in [0.15, 0.2) is 0 Å². The molecule has 0 spiro atoms. The van der Waals surface area contributed by atoms with Gasteiger partial charge in [0.1, 0.15) is 11.8 Å². The maximum absolute atomic E-state index is 14.7. The largest absolute Gasteiger partial charge is 0.459 e. The minimum atomic E-state index is -0.685. The van der Waals surface area contributed by atoms with E-state index in [9.17, 15) is 9.18 Å². The molecule has 0 aromatic heterocycles. The van der Waals surface area contributed by atoms with E-state index in [1.165, 1.54) is 38.5 Å². The summed E-state index contributed by atoms with van der Waals surface area (Å²) in [6.07, 6.45) is 12.2. The molecule has 0 aromatic rings. The van der Waals surface area contributed by atoms with Crippen LogP contribution in [0.2, 0.25) is 0 Å². The van der Waals surface area contributed by atoms with Gasteiger partial charge in [-0.3, -0.25) is 4.79 Å². The van der Waals surface area contributed by atoms with Crippen LogP contribution >= 0.6 is 0 Å². The summed E-state index contributed by atoms with van der Waals surface area (Å²) in [7, 11) is 0. The molecular weight excluding hydrogens is 351 g/mol. The fraction of sp³-hybridized carbons (Fsp3) is 0.960. The van der Waals surface area contributed by atoms with Crippen molar-refractivity contribution in [1.82, 2.24) is 0 Å². The molecular formula is C25H39FO2. The Bertz CT molecular complexity index is 593. The molecule has 0 amide bonds.